The second-order valence-corrected chi connectivity index (χ2v) is 5.25. The van der Waals surface area contributed by atoms with Gasteiger partial charge in [0.25, 0.3) is 5.91 Å². The normalized spacial score (nSPS) is 10.3. The van der Waals surface area contributed by atoms with E-state index in [-0.39, 0.29) is 5.69 Å². The minimum absolute atomic E-state index is 0.128. The Morgan fingerprint density at radius 1 is 1.53 bits per heavy atom. The van der Waals surface area contributed by atoms with Crippen molar-refractivity contribution in [2.45, 2.75) is 0 Å². The van der Waals surface area contributed by atoms with E-state index < -0.39 is 11.7 Å². The number of benzene rings is 1. The Bertz CT molecular complexity index is 572. The van der Waals surface area contributed by atoms with E-state index in [2.05, 4.69) is 31.4 Å². The Hall–Kier alpha value is -0.960. The molecule has 17 heavy (non-hydrogen) atoms. The van der Waals surface area contributed by atoms with Crippen LogP contribution in [0, 0.1) is 9.39 Å². The molecule has 7 heteroatoms. The summed E-state index contributed by atoms with van der Waals surface area (Å²) in [5.74, 6) is -0.921. The third-order valence-electron chi connectivity index (χ3n) is 2.00. The average Bonchev–Trinajstić information content (AvgIpc) is 2.68. The zero-order valence-corrected chi connectivity index (χ0v) is 12.0. The third-order valence-corrected chi connectivity index (χ3v) is 3.31. The van der Waals surface area contributed by atoms with Crippen molar-refractivity contribution < 1.29 is 9.18 Å². The highest BCUT2D eigenvalue weighted by atomic mass is 127. The van der Waals surface area contributed by atoms with Crippen molar-refractivity contribution in [2.24, 2.45) is 0 Å². The van der Waals surface area contributed by atoms with E-state index in [4.69, 9.17) is 0 Å². The van der Waals surface area contributed by atoms with Crippen LogP contribution in [-0.4, -0.2) is 16.1 Å². The summed E-state index contributed by atoms with van der Waals surface area (Å²) in [6.45, 7) is 0. The average molecular weight is 410 g/mol. The summed E-state index contributed by atoms with van der Waals surface area (Å²) in [5.41, 5.74) is 0.441. The van der Waals surface area contributed by atoms with Crippen LogP contribution in [0.2, 0.25) is 0 Å². The molecule has 0 bridgehead atoms. The molecule has 0 unspecified atom stereocenters. The van der Waals surface area contributed by atoms with Crippen molar-refractivity contribution in [1.29, 1.82) is 0 Å². The number of hydrogen-bond acceptors (Lipinski definition) is 2. The van der Waals surface area contributed by atoms with Gasteiger partial charge in [-0.2, -0.15) is 5.10 Å². The quantitative estimate of drug-likeness (QED) is 0.748. The van der Waals surface area contributed by atoms with E-state index in [1.54, 1.807) is 6.07 Å². The molecule has 0 aliphatic carbocycles. The molecule has 0 saturated heterocycles. The Labute approximate surface area is 118 Å². The highest BCUT2D eigenvalue weighted by Crippen LogP contribution is 2.20. The zero-order valence-electron chi connectivity index (χ0n) is 8.30. The van der Waals surface area contributed by atoms with Gasteiger partial charge in [-0.25, -0.2) is 4.39 Å². The number of hydrogen-bond donors (Lipinski definition) is 2. The van der Waals surface area contributed by atoms with Gasteiger partial charge in [-0.3, -0.25) is 9.89 Å². The number of carbonyl (C=O) groups is 1. The maximum absolute atomic E-state index is 13.5. The summed E-state index contributed by atoms with van der Waals surface area (Å²) >= 11 is 5.11. The highest BCUT2D eigenvalue weighted by Gasteiger charge is 2.14. The molecular formula is C10H6BrFIN3O. The first-order valence-electron chi connectivity index (χ1n) is 4.53. The molecule has 0 atom stereocenters. The number of nitrogens with one attached hydrogen (secondary N) is 2. The summed E-state index contributed by atoms with van der Waals surface area (Å²) in [7, 11) is 0. The molecule has 1 heterocycles. The first kappa shape index (κ1) is 12.5. The van der Waals surface area contributed by atoms with Crippen molar-refractivity contribution in [2.75, 3.05) is 5.32 Å². The number of aromatic amines is 1. The van der Waals surface area contributed by atoms with Gasteiger partial charge in [-0.15, -0.1) is 0 Å². The second kappa shape index (κ2) is 5.13. The molecule has 0 spiro atoms. The van der Waals surface area contributed by atoms with Crippen LogP contribution in [0.4, 0.5) is 10.1 Å². The van der Waals surface area contributed by atoms with Crippen molar-refractivity contribution in [3.63, 3.8) is 0 Å². The Kier molecular flexibility index (Phi) is 3.77. The van der Waals surface area contributed by atoms with Crippen LogP contribution in [0.15, 0.2) is 28.9 Å². The van der Waals surface area contributed by atoms with E-state index in [1.165, 1.54) is 18.3 Å². The van der Waals surface area contributed by atoms with Gasteiger partial charge in [0.1, 0.15) is 11.5 Å². The first-order chi connectivity index (χ1) is 8.08. The highest BCUT2D eigenvalue weighted by molar-refractivity contribution is 14.1. The van der Waals surface area contributed by atoms with E-state index >= 15 is 0 Å². The zero-order chi connectivity index (χ0) is 12.4. The van der Waals surface area contributed by atoms with Gasteiger partial charge < -0.3 is 5.32 Å². The minimum Gasteiger partial charge on any atom is -0.318 e. The van der Waals surface area contributed by atoms with Gasteiger partial charge in [-0.05, 0) is 40.8 Å². The fourth-order valence-corrected chi connectivity index (χ4v) is 2.04. The number of nitrogens with zero attached hydrogens (tertiary/aromatic N) is 1. The van der Waals surface area contributed by atoms with E-state index in [0.717, 1.165) is 0 Å². The molecule has 2 rings (SSSR count). The molecule has 1 amide bonds. The van der Waals surface area contributed by atoms with Crippen LogP contribution in [-0.2, 0) is 0 Å². The molecule has 0 aliphatic rings. The molecule has 88 valence electrons. The molecule has 1 aromatic heterocycles. The smallest absolute Gasteiger partial charge is 0.274 e. The molecule has 0 aliphatic heterocycles. The number of rotatable bonds is 2. The molecule has 2 aromatic rings. The fourth-order valence-electron chi connectivity index (χ4n) is 1.21. The summed E-state index contributed by atoms with van der Waals surface area (Å²) in [5, 5.41) is 8.75. The van der Waals surface area contributed by atoms with E-state index in [0.29, 0.717) is 13.7 Å². The van der Waals surface area contributed by atoms with Crippen LogP contribution in [0.1, 0.15) is 10.5 Å². The van der Waals surface area contributed by atoms with Crippen LogP contribution < -0.4 is 5.32 Å². The van der Waals surface area contributed by atoms with Crippen molar-refractivity contribution >= 4 is 50.1 Å². The minimum atomic E-state index is -0.498. The summed E-state index contributed by atoms with van der Waals surface area (Å²) in [4.78, 5) is 11.8. The second-order valence-electron chi connectivity index (χ2n) is 3.17. The lowest BCUT2D eigenvalue weighted by molar-refractivity contribution is 0.102. The van der Waals surface area contributed by atoms with Gasteiger partial charge in [-0.1, -0.05) is 15.9 Å². The Morgan fingerprint density at radius 3 is 2.88 bits per heavy atom. The SMILES string of the molecule is O=C(Nc1ccc(Br)cc1F)c1[nH]ncc1I. The molecular weight excluding hydrogens is 404 g/mol. The predicted octanol–water partition coefficient (Wildman–Crippen LogP) is 3.17. The van der Waals surface area contributed by atoms with Gasteiger partial charge in [0.2, 0.25) is 0 Å². The number of aromatic nitrogens is 2. The lowest BCUT2D eigenvalue weighted by Crippen LogP contribution is -2.14. The van der Waals surface area contributed by atoms with Crippen molar-refractivity contribution in [3.05, 3.63) is 43.9 Å². The van der Waals surface area contributed by atoms with Crippen LogP contribution in [0.5, 0.6) is 0 Å². The first-order valence-corrected chi connectivity index (χ1v) is 6.40. The summed E-state index contributed by atoms with van der Waals surface area (Å²) in [6, 6.07) is 4.42. The standard InChI is InChI=1S/C10H6BrFIN3O/c11-5-1-2-8(6(12)3-5)15-10(17)9-7(13)4-14-16-9/h1-4H,(H,14,16)(H,15,17). The van der Waals surface area contributed by atoms with Gasteiger partial charge in [0.15, 0.2) is 0 Å². The summed E-state index contributed by atoms with van der Waals surface area (Å²) in [6.07, 6.45) is 1.52. The maximum atomic E-state index is 13.5. The third kappa shape index (κ3) is 2.83. The van der Waals surface area contributed by atoms with Gasteiger partial charge >= 0.3 is 0 Å². The number of carbonyl (C=O) groups excluding carboxylic acids is 1. The topological polar surface area (TPSA) is 57.8 Å². The van der Waals surface area contributed by atoms with E-state index in [1.807, 2.05) is 22.6 Å². The largest absolute Gasteiger partial charge is 0.318 e. The van der Waals surface area contributed by atoms with Crippen molar-refractivity contribution in [3.8, 4) is 0 Å². The monoisotopic (exact) mass is 409 g/mol. The molecule has 0 saturated carbocycles. The Morgan fingerprint density at radius 2 is 2.29 bits per heavy atom. The molecule has 2 N–H and O–H groups in total. The van der Waals surface area contributed by atoms with Crippen molar-refractivity contribution in [1.82, 2.24) is 10.2 Å². The number of amides is 1. The molecule has 0 radical (unpaired) electrons. The predicted molar refractivity (Wildman–Crippen MR) is 73.4 cm³/mol. The lowest BCUT2D eigenvalue weighted by Gasteiger charge is -2.05. The maximum Gasteiger partial charge on any atom is 0.274 e. The number of H-pyrrole nitrogens is 1. The van der Waals surface area contributed by atoms with Crippen LogP contribution in [0.3, 0.4) is 0 Å². The van der Waals surface area contributed by atoms with Gasteiger partial charge in [0.05, 0.1) is 15.5 Å². The Balaban J connectivity index is 2.22. The number of halogens is 3. The van der Waals surface area contributed by atoms with Crippen LogP contribution in [0.25, 0.3) is 0 Å². The molecule has 0 fully saturated rings. The lowest BCUT2D eigenvalue weighted by atomic mass is 10.3. The summed E-state index contributed by atoms with van der Waals surface area (Å²) < 4.78 is 14.8. The van der Waals surface area contributed by atoms with Crippen LogP contribution >= 0.6 is 38.5 Å². The molecule has 4 nitrogen and oxygen atoms in total. The number of anilines is 1. The molecule has 1 aromatic carbocycles. The van der Waals surface area contributed by atoms with E-state index in [9.17, 15) is 9.18 Å². The van der Waals surface area contributed by atoms with Gasteiger partial charge in [0, 0.05) is 4.47 Å². The fraction of sp³-hybridized carbons (Fsp3) is 0.